The monoisotopic (exact) mass is 310 g/mol. The molecule has 0 amide bonds. The Bertz CT molecular complexity index is 688. The second-order valence-electron chi connectivity index (χ2n) is 4.32. The van der Waals surface area contributed by atoms with Crippen molar-refractivity contribution in [2.75, 3.05) is 0 Å². The van der Waals surface area contributed by atoms with E-state index in [-0.39, 0.29) is 5.56 Å². The minimum atomic E-state index is -4.81. The summed E-state index contributed by atoms with van der Waals surface area (Å²) in [7, 11) is 0. The van der Waals surface area contributed by atoms with Crippen molar-refractivity contribution in [1.29, 1.82) is 0 Å². The number of allylic oxidation sites excluding steroid dienone is 1. The third-order valence-electron chi connectivity index (χ3n) is 2.65. The van der Waals surface area contributed by atoms with Gasteiger partial charge >= 0.3 is 6.36 Å². The molecule has 0 saturated carbocycles. The van der Waals surface area contributed by atoms with Crippen molar-refractivity contribution in [3.8, 4) is 5.75 Å². The lowest BCUT2D eigenvalue weighted by atomic mass is 10.1. The SMILES string of the molecule is O=C(C=Cc1ccc(F)cc1)c1cccc(OC(F)(F)F)c1. The van der Waals surface area contributed by atoms with Gasteiger partial charge in [0, 0.05) is 5.56 Å². The third-order valence-corrected chi connectivity index (χ3v) is 2.65. The van der Waals surface area contributed by atoms with Gasteiger partial charge in [0.15, 0.2) is 5.78 Å². The van der Waals surface area contributed by atoms with Crippen LogP contribution in [0.25, 0.3) is 6.08 Å². The predicted octanol–water partition coefficient (Wildman–Crippen LogP) is 4.62. The van der Waals surface area contributed by atoms with E-state index in [2.05, 4.69) is 4.74 Å². The van der Waals surface area contributed by atoms with Gasteiger partial charge in [0.05, 0.1) is 0 Å². The van der Waals surface area contributed by atoms with Crippen molar-refractivity contribution in [3.05, 3.63) is 71.6 Å². The average Bonchev–Trinajstić information content (AvgIpc) is 2.45. The number of carbonyl (C=O) groups excluding carboxylic acids is 1. The predicted molar refractivity (Wildman–Crippen MR) is 72.9 cm³/mol. The van der Waals surface area contributed by atoms with Crippen LogP contribution in [0.5, 0.6) is 5.75 Å². The summed E-state index contributed by atoms with van der Waals surface area (Å²) >= 11 is 0. The fourth-order valence-corrected chi connectivity index (χ4v) is 1.69. The molecule has 0 fully saturated rings. The van der Waals surface area contributed by atoms with Gasteiger partial charge < -0.3 is 4.74 Å². The average molecular weight is 310 g/mol. The number of rotatable bonds is 4. The Balaban J connectivity index is 2.12. The van der Waals surface area contributed by atoms with Gasteiger partial charge in [-0.15, -0.1) is 13.2 Å². The molecule has 6 heteroatoms. The van der Waals surface area contributed by atoms with Crippen LogP contribution in [-0.2, 0) is 0 Å². The molecular formula is C16H10F4O2. The quantitative estimate of drug-likeness (QED) is 0.468. The molecule has 0 bridgehead atoms. The molecule has 0 aliphatic rings. The molecule has 0 N–H and O–H groups in total. The van der Waals surface area contributed by atoms with Gasteiger partial charge in [-0.3, -0.25) is 4.79 Å². The summed E-state index contributed by atoms with van der Waals surface area (Å²) in [5.74, 6) is -1.36. The Labute approximate surface area is 123 Å². The lowest BCUT2D eigenvalue weighted by molar-refractivity contribution is -0.274. The molecule has 0 spiro atoms. The van der Waals surface area contributed by atoms with Gasteiger partial charge in [-0.1, -0.05) is 30.3 Å². The first-order valence-corrected chi connectivity index (χ1v) is 6.17. The van der Waals surface area contributed by atoms with E-state index in [1.54, 1.807) is 0 Å². The van der Waals surface area contributed by atoms with Crippen molar-refractivity contribution in [2.24, 2.45) is 0 Å². The van der Waals surface area contributed by atoms with Crippen LogP contribution in [0.1, 0.15) is 15.9 Å². The fourth-order valence-electron chi connectivity index (χ4n) is 1.69. The molecule has 0 aromatic heterocycles. The van der Waals surface area contributed by atoms with Gasteiger partial charge in [0.25, 0.3) is 0 Å². The van der Waals surface area contributed by atoms with Crippen molar-refractivity contribution < 1.29 is 27.1 Å². The third kappa shape index (κ3) is 4.73. The zero-order valence-electron chi connectivity index (χ0n) is 11.1. The van der Waals surface area contributed by atoms with Gasteiger partial charge in [-0.25, -0.2) is 4.39 Å². The van der Waals surface area contributed by atoms with Crippen LogP contribution in [0.2, 0.25) is 0 Å². The number of benzene rings is 2. The molecule has 2 aromatic rings. The highest BCUT2D eigenvalue weighted by atomic mass is 19.4. The first kappa shape index (κ1) is 15.8. The number of hydrogen-bond donors (Lipinski definition) is 0. The van der Waals surface area contributed by atoms with Gasteiger partial charge in [-0.05, 0) is 35.9 Å². The van der Waals surface area contributed by atoms with Crippen LogP contribution in [0.4, 0.5) is 17.6 Å². The van der Waals surface area contributed by atoms with E-state index >= 15 is 0 Å². The zero-order valence-corrected chi connectivity index (χ0v) is 11.1. The van der Waals surface area contributed by atoms with Crippen LogP contribution in [0, 0.1) is 5.82 Å². The summed E-state index contributed by atoms with van der Waals surface area (Å²) < 4.78 is 52.9. The molecule has 2 aromatic carbocycles. The fraction of sp³-hybridized carbons (Fsp3) is 0.0625. The first-order chi connectivity index (χ1) is 10.3. The molecule has 0 radical (unpaired) electrons. The van der Waals surface area contributed by atoms with Crippen LogP contribution in [0.15, 0.2) is 54.6 Å². The summed E-state index contributed by atoms with van der Waals surface area (Å²) in [4.78, 5) is 11.9. The van der Waals surface area contributed by atoms with E-state index in [0.29, 0.717) is 5.56 Å². The van der Waals surface area contributed by atoms with E-state index in [1.165, 1.54) is 48.6 Å². The molecule has 2 nitrogen and oxygen atoms in total. The van der Waals surface area contributed by atoms with Gasteiger partial charge in [0.1, 0.15) is 11.6 Å². The molecule has 0 heterocycles. The summed E-state index contributed by atoms with van der Waals surface area (Å²) in [5, 5.41) is 0. The Morgan fingerprint density at radius 2 is 1.73 bits per heavy atom. The minimum Gasteiger partial charge on any atom is -0.406 e. The van der Waals surface area contributed by atoms with Crippen LogP contribution < -0.4 is 4.74 Å². The Kier molecular flexibility index (Phi) is 4.60. The molecule has 0 atom stereocenters. The second-order valence-corrected chi connectivity index (χ2v) is 4.32. The Hall–Kier alpha value is -2.63. The first-order valence-electron chi connectivity index (χ1n) is 6.17. The summed E-state index contributed by atoms with van der Waals surface area (Å²) in [6.45, 7) is 0. The normalized spacial score (nSPS) is 11.6. The van der Waals surface area contributed by atoms with E-state index in [4.69, 9.17) is 0 Å². The van der Waals surface area contributed by atoms with E-state index in [1.807, 2.05) is 0 Å². The highest BCUT2D eigenvalue weighted by molar-refractivity contribution is 6.07. The lowest BCUT2D eigenvalue weighted by Gasteiger charge is -2.09. The number of halogens is 4. The molecular weight excluding hydrogens is 300 g/mol. The maximum atomic E-state index is 12.7. The van der Waals surface area contributed by atoms with Gasteiger partial charge in [-0.2, -0.15) is 0 Å². The maximum Gasteiger partial charge on any atom is 0.573 e. The Morgan fingerprint density at radius 1 is 1.05 bits per heavy atom. The summed E-state index contributed by atoms with van der Waals surface area (Å²) in [6.07, 6.45) is -2.18. The Morgan fingerprint density at radius 3 is 2.36 bits per heavy atom. The number of alkyl halides is 3. The summed E-state index contributed by atoms with van der Waals surface area (Å²) in [5.41, 5.74) is 0.651. The topological polar surface area (TPSA) is 26.3 Å². The number of ketones is 1. The smallest absolute Gasteiger partial charge is 0.406 e. The van der Waals surface area contributed by atoms with Crippen LogP contribution in [0.3, 0.4) is 0 Å². The largest absolute Gasteiger partial charge is 0.573 e. The molecule has 22 heavy (non-hydrogen) atoms. The maximum absolute atomic E-state index is 12.7. The van der Waals surface area contributed by atoms with E-state index < -0.39 is 23.7 Å². The molecule has 0 aliphatic carbocycles. The van der Waals surface area contributed by atoms with Crippen molar-refractivity contribution in [2.45, 2.75) is 6.36 Å². The number of carbonyl (C=O) groups is 1. The minimum absolute atomic E-state index is 0.0557. The zero-order chi connectivity index (χ0) is 16.2. The highest BCUT2D eigenvalue weighted by Gasteiger charge is 2.31. The standard InChI is InChI=1S/C16H10F4O2/c17-13-7-4-11(5-8-13)6-9-15(21)12-2-1-3-14(10-12)22-16(18,19)20/h1-10H. The van der Waals surface area contributed by atoms with E-state index in [9.17, 15) is 22.4 Å². The molecule has 0 saturated heterocycles. The second kappa shape index (κ2) is 6.43. The van der Waals surface area contributed by atoms with Crippen molar-refractivity contribution in [1.82, 2.24) is 0 Å². The molecule has 2 rings (SSSR count). The van der Waals surface area contributed by atoms with Crippen molar-refractivity contribution in [3.63, 3.8) is 0 Å². The lowest BCUT2D eigenvalue weighted by Crippen LogP contribution is -2.17. The van der Waals surface area contributed by atoms with E-state index in [0.717, 1.165) is 12.1 Å². The molecule has 114 valence electrons. The van der Waals surface area contributed by atoms with Crippen molar-refractivity contribution >= 4 is 11.9 Å². The number of hydrogen-bond acceptors (Lipinski definition) is 2. The van der Waals surface area contributed by atoms with Crippen LogP contribution in [-0.4, -0.2) is 12.1 Å². The molecule has 0 unspecified atom stereocenters. The highest BCUT2D eigenvalue weighted by Crippen LogP contribution is 2.23. The number of ether oxygens (including phenoxy) is 1. The van der Waals surface area contributed by atoms with Gasteiger partial charge in [0.2, 0.25) is 0 Å². The molecule has 0 aliphatic heterocycles. The summed E-state index contributed by atoms with van der Waals surface area (Å²) in [6, 6.07) is 10.2. The van der Waals surface area contributed by atoms with Crippen LogP contribution >= 0.6 is 0 Å².